The Kier molecular flexibility index (Phi) is 16.5. The molecule has 1 unspecified atom stereocenters. The van der Waals surface area contributed by atoms with Gasteiger partial charge in [-0.05, 0) is 13.1 Å². The zero-order valence-electron chi connectivity index (χ0n) is 9.38. The SMILES string of the molecule is CC.CCCP.Cc1ccccc1. The maximum absolute atomic E-state index is 2.66. The van der Waals surface area contributed by atoms with Crippen LogP contribution in [0.4, 0.5) is 0 Å². The molecule has 1 rings (SSSR count). The van der Waals surface area contributed by atoms with Crippen molar-refractivity contribution in [2.45, 2.75) is 34.1 Å². The molecule has 0 saturated heterocycles. The molecule has 13 heavy (non-hydrogen) atoms. The van der Waals surface area contributed by atoms with Gasteiger partial charge in [0, 0.05) is 0 Å². The molecule has 0 saturated carbocycles. The van der Waals surface area contributed by atoms with E-state index in [1.807, 2.05) is 32.0 Å². The van der Waals surface area contributed by atoms with Gasteiger partial charge in [0.05, 0.1) is 0 Å². The highest BCUT2D eigenvalue weighted by Crippen LogP contribution is 1.92. The van der Waals surface area contributed by atoms with Crippen molar-refractivity contribution in [2.24, 2.45) is 0 Å². The fraction of sp³-hybridized carbons (Fsp3) is 0.500. The molecule has 1 aromatic carbocycles. The second-order valence-electron chi connectivity index (χ2n) is 2.44. The summed E-state index contributed by atoms with van der Waals surface area (Å²) < 4.78 is 0. The zero-order valence-corrected chi connectivity index (χ0v) is 10.5. The van der Waals surface area contributed by atoms with Gasteiger partial charge >= 0.3 is 0 Å². The van der Waals surface area contributed by atoms with E-state index in [9.17, 15) is 0 Å². The molecule has 0 aliphatic heterocycles. The number of hydrogen-bond acceptors (Lipinski definition) is 0. The van der Waals surface area contributed by atoms with Crippen molar-refractivity contribution >= 4 is 9.24 Å². The van der Waals surface area contributed by atoms with E-state index in [1.165, 1.54) is 18.1 Å². The molecule has 76 valence electrons. The van der Waals surface area contributed by atoms with Crippen molar-refractivity contribution in [3.63, 3.8) is 0 Å². The first-order valence-corrected chi connectivity index (χ1v) is 5.84. The monoisotopic (exact) mass is 198 g/mol. The maximum atomic E-state index is 2.66. The second-order valence-corrected chi connectivity index (χ2v) is 3.02. The summed E-state index contributed by atoms with van der Waals surface area (Å²) >= 11 is 0. The third kappa shape index (κ3) is 14.5. The van der Waals surface area contributed by atoms with Gasteiger partial charge in [-0.25, -0.2) is 0 Å². The van der Waals surface area contributed by atoms with Gasteiger partial charge < -0.3 is 0 Å². The largest absolute Gasteiger partial charge is 0.138 e. The Bertz CT molecular complexity index is 156. The number of aryl methyl sites for hydroxylation is 1. The van der Waals surface area contributed by atoms with Gasteiger partial charge in [0.15, 0.2) is 0 Å². The molecule has 0 radical (unpaired) electrons. The van der Waals surface area contributed by atoms with Crippen molar-refractivity contribution in [1.82, 2.24) is 0 Å². The first-order chi connectivity index (χ1) is 6.31. The summed E-state index contributed by atoms with van der Waals surface area (Å²) in [5.41, 5.74) is 1.32. The van der Waals surface area contributed by atoms with Gasteiger partial charge in [0.1, 0.15) is 0 Å². The zero-order chi connectivity index (χ0) is 10.5. The van der Waals surface area contributed by atoms with Gasteiger partial charge in [0.25, 0.3) is 0 Å². The van der Waals surface area contributed by atoms with Crippen molar-refractivity contribution in [2.75, 3.05) is 6.16 Å². The fourth-order valence-electron chi connectivity index (χ4n) is 0.534. The minimum atomic E-state index is 1.24. The molecule has 0 N–H and O–H groups in total. The fourth-order valence-corrected chi connectivity index (χ4v) is 0.534. The van der Waals surface area contributed by atoms with Crippen molar-refractivity contribution in [1.29, 1.82) is 0 Å². The van der Waals surface area contributed by atoms with Crippen LogP contribution in [0.1, 0.15) is 32.8 Å². The predicted molar refractivity (Wildman–Crippen MR) is 67.4 cm³/mol. The summed E-state index contributed by atoms with van der Waals surface area (Å²) in [6.45, 7) is 8.24. The second kappa shape index (κ2) is 14.2. The Balaban J connectivity index is 0. The molecule has 0 aliphatic carbocycles. The standard InChI is InChI=1S/C7H8.C3H9P.C2H6/c1-7-5-3-2-4-6-7;1-2-3-4;1-2/h2-6H,1H3;2-4H2,1H3;1-2H3. The van der Waals surface area contributed by atoms with Gasteiger partial charge in [-0.3, -0.25) is 0 Å². The molecule has 0 aliphatic rings. The van der Waals surface area contributed by atoms with E-state index in [1.54, 1.807) is 0 Å². The van der Waals surface area contributed by atoms with Gasteiger partial charge in [-0.15, -0.1) is 9.24 Å². The lowest BCUT2D eigenvalue weighted by Gasteiger charge is -1.82. The lowest BCUT2D eigenvalue weighted by molar-refractivity contribution is 1.11. The van der Waals surface area contributed by atoms with E-state index in [-0.39, 0.29) is 0 Å². The van der Waals surface area contributed by atoms with E-state index < -0.39 is 0 Å². The predicted octanol–water partition coefficient (Wildman–Crippen LogP) is 4.29. The molecule has 0 bridgehead atoms. The molecule has 0 spiro atoms. The molecular formula is C12H23P. The van der Waals surface area contributed by atoms with E-state index in [0.29, 0.717) is 0 Å². The Labute approximate surface area is 86.0 Å². The molecule has 1 aromatic rings. The lowest BCUT2D eigenvalue weighted by atomic mass is 10.2. The molecule has 0 amide bonds. The molecule has 1 atom stereocenters. The van der Waals surface area contributed by atoms with Crippen LogP contribution in [0.15, 0.2) is 30.3 Å². The quantitative estimate of drug-likeness (QED) is 0.590. The van der Waals surface area contributed by atoms with E-state index in [0.717, 1.165) is 0 Å². The van der Waals surface area contributed by atoms with Crippen LogP contribution < -0.4 is 0 Å². The highest BCUT2D eigenvalue weighted by Gasteiger charge is 1.72. The number of hydrogen-bond donors (Lipinski definition) is 0. The highest BCUT2D eigenvalue weighted by molar-refractivity contribution is 7.16. The number of rotatable bonds is 1. The van der Waals surface area contributed by atoms with Gasteiger partial charge in [-0.2, -0.15) is 0 Å². The minimum Gasteiger partial charge on any atom is -0.138 e. The molecular weight excluding hydrogens is 175 g/mol. The molecule has 0 fully saturated rings. The summed E-state index contributed by atoms with van der Waals surface area (Å²) in [5.74, 6) is 0. The Morgan fingerprint density at radius 2 is 1.46 bits per heavy atom. The molecule has 0 nitrogen and oxygen atoms in total. The Morgan fingerprint density at radius 3 is 1.62 bits per heavy atom. The molecule has 1 heteroatoms. The van der Waals surface area contributed by atoms with Crippen LogP contribution in [0.25, 0.3) is 0 Å². The van der Waals surface area contributed by atoms with E-state index in [2.05, 4.69) is 35.2 Å². The summed E-state index contributed by atoms with van der Waals surface area (Å²) in [4.78, 5) is 0. The first kappa shape index (κ1) is 15.1. The van der Waals surface area contributed by atoms with E-state index >= 15 is 0 Å². The maximum Gasteiger partial charge on any atom is -0.0384 e. The minimum absolute atomic E-state index is 1.24. The summed E-state index contributed by atoms with van der Waals surface area (Å²) in [6, 6.07) is 10.3. The Morgan fingerprint density at radius 1 is 1.08 bits per heavy atom. The smallest absolute Gasteiger partial charge is 0.0384 e. The van der Waals surface area contributed by atoms with Crippen LogP contribution >= 0.6 is 9.24 Å². The summed E-state index contributed by atoms with van der Waals surface area (Å²) in [5, 5.41) is 0. The van der Waals surface area contributed by atoms with Crippen molar-refractivity contribution in [3.8, 4) is 0 Å². The van der Waals surface area contributed by atoms with Crippen molar-refractivity contribution < 1.29 is 0 Å². The third-order valence-corrected chi connectivity index (χ3v) is 1.81. The lowest BCUT2D eigenvalue weighted by Crippen LogP contribution is -1.62. The number of benzene rings is 1. The van der Waals surface area contributed by atoms with Crippen LogP contribution in [0.3, 0.4) is 0 Å². The summed E-state index contributed by atoms with van der Waals surface area (Å²) in [7, 11) is 2.66. The molecule has 0 aromatic heterocycles. The summed E-state index contributed by atoms with van der Waals surface area (Å²) in [6.07, 6.45) is 2.52. The van der Waals surface area contributed by atoms with Crippen LogP contribution in [-0.2, 0) is 0 Å². The van der Waals surface area contributed by atoms with Crippen molar-refractivity contribution in [3.05, 3.63) is 35.9 Å². The van der Waals surface area contributed by atoms with Gasteiger partial charge in [-0.1, -0.05) is 63.1 Å². The van der Waals surface area contributed by atoms with Gasteiger partial charge in [0.2, 0.25) is 0 Å². The normalized spacial score (nSPS) is 7.46. The average Bonchev–Trinajstić information content (AvgIpc) is 2.22. The van der Waals surface area contributed by atoms with Crippen LogP contribution in [0.2, 0.25) is 0 Å². The van der Waals surface area contributed by atoms with E-state index in [4.69, 9.17) is 0 Å². The average molecular weight is 198 g/mol. The Hall–Kier alpha value is -0.350. The third-order valence-electron chi connectivity index (χ3n) is 1.23. The topological polar surface area (TPSA) is 0 Å². The highest BCUT2D eigenvalue weighted by atomic mass is 31.0. The van der Waals surface area contributed by atoms with Crippen LogP contribution in [0, 0.1) is 6.92 Å². The van der Waals surface area contributed by atoms with Crippen LogP contribution in [0.5, 0.6) is 0 Å². The van der Waals surface area contributed by atoms with Crippen LogP contribution in [-0.4, -0.2) is 6.16 Å². The first-order valence-electron chi connectivity index (χ1n) is 5.03. The molecule has 0 heterocycles.